The van der Waals surface area contributed by atoms with E-state index in [1.807, 2.05) is 49.4 Å². The molecule has 1 aliphatic heterocycles. The molecule has 0 saturated carbocycles. The van der Waals surface area contributed by atoms with Gasteiger partial charge in [-0.05, 0) is 38.0 Å². The topological polar surface area (TPSA) is 84.1 Å². The van der Waals surface area contributed by atoms with Crippen molar-refractivity contribution in [2.45, 2.75) is 26.3 Å². The van der Waals surface area contributed by atoms with Gasteiger partial charge in [0, 0.05) is 26.5 Å². The Morgan fingerprint density at radius 2 is 1.87 bits per heavy atom. The van der Waals surface area contributed by atoms with Gasteiger partial charge in [0.25, 0.3) is 11.7 Å². The molecule has 160 valence electrons. The van der Waals surface area contributed by atoms with E-state index in [4.69, 9.17) is 4.74 Å². The highest BCUT2D eigenvalue weighted by Crippen LogP contribution is 2.40. The molecule has 7 nitrogen and oxygen atoms in total. The number of Topliss-reactive ketones (excluding diaryl/α,β-unsaturated/α-hetero) is 1. The first-order valence-corrected chi connectivity index (χ1v) is 10.2. The van der Waals surface area contributed by atoms with Crippen molar-refractivity contribution >= 4 is 23.1 Å². The third kappa shape index (κ3) is 3.61. The van der Waals surface area contributed by atoms with Gasteiger partial charge in [0.05, 0.1) is 17.3 Å². The maximum Gasteiger partial charge on any atom is 0.295 e. The van der Waals surface area contributed by atoms with E-state index in [2.05, 4.69) is 4.98 Å². The SMILES string of the molecule is COCCCN1C(=O)C(=O)C(=C(O)c2c(C)nc3ccccn23)C1c1ccc(C)cc1. The third-order valence-electron chi connectivity index (χ3n) is 5.61. The number of carbonyl (C=O) groups excluding carboxylic acids is 2. The van der Waals surface area contributed by atoms with Crippen molar-refractivity contribution in [3.63, 3.8) is 0 Å². The molecule has 1 atom stereocenters. The van der Waals surface area contributed by atoms with E-state index >= 15 is 0 Å². The minimum Gasteiger partial charge on any atom is -0.505 e. The molecule has 0 spiro atoms. The lowest BCUT2D eigenvalue weighted by Gasteiger charge is -2.25. The molecule has 1 N–H and O–H groups in total. The molecule has 0 bridgehead atoms. The van der Waals surface area contributed by atoms with E-state index in [1.165, 1.54) is 4.90 Å². The number of hydrogen-bond donors (Lipinski definition) is 1. The first kappa shape index (κ1) is 20.8. The number of ketones is 1. The number of aliphatic hydroxyl groups is 1. The zero-order valence-corrected chi connectivity index (χ0v) is 17.8. The van der Waals surface area contributed by atoms with E-state index in [0.29, 0.717) is 36.6 Å². The van der Waals surface area contributed by atoms with Gasteiger partial charge in [0.2, 0.25) is 0 Å². The Bertz CT molecular complexity index is 1180. The molecular weight excluding hydrogens is 394 g/mol. The van der Waals surface area contributed by atoms with Gasteiger partial charge in [-0.1, -0.05) is 35.9 Å². The smallest absolute Gasteiger partial charge is 0.295 e. The van der Waals surface area contributed by atoms with Crippen LogP contribution in [0, 0.1) is 13.8 Å². The molecule has 1 aliphatic rings. The second-order valence-corrected chi connectivity index (χ2v) is 7.72. The van der Waals surface area contributed by atoms with Gasteiger partial charge in [-0.2, -0.15) is 0 Å². The number of aryl methyl sites for hydroxylation is 2. The summed E-state index contributed by atoms with van der Waals surface area (Å²) in [6, 6.07) is 12.5. The number of rotatable bonds is 6. The van der Waals surface area contributed by atoms with Crippen LogP contribution >= 0.6 is 0 Å². The maximum absolute atomic E-state index is 13.1. The lowest BCUT2D eigenvalue weighted by Crippen LogP contribution is -2.31. The van der Waals surface area contributed by atoms with Crippen LogP contribution in [-0.2, 0) is 14.3 Å². The van der Waals surface area contributed by atoms with Crippen LogP contribution < -0.4 is 0 Å². The highest BCUT2D eigenvalue weighted by atomic mass is 16.5. The fourth-order valence-corrected chi connectivity index (χ4v) is 4.11. The molecule has 7 heteroatoms. The van der Waals surface area contributed by atoms with Crippen molar-refractivity contribution in [2.24, 2.45) is 0 Å². The first-order valence-electron chi connectivity index (χ1n) is 10.2. The largest absolute Gasteiger partial charge is 0.505 e. The monoisotopic (exact) mass is 419 g/mol. The molecule has 4 rings (SSSR count). The van der Waals surface area contributed by atoms with E-state index < -0.39 is 17.7 Å². The molecule has 3 aromatic rings. The van der Waals surface area contributed by atoms with Gasteiger partial charge in [-0.15, -0.1) is 0 Å². The van der Waals surface area contributed by atoms with Gasteiger partial charge in [-0.3, -0.25) is 14.0 Å². The summed E-state index contributed by atoms with van der Waals surface area (Å²) in [7, 11) is 1.60. The van der Waals surface area contributed by atoms with Crippen LogP contribution in [-0.4, -0.2) is 51.3 Å². The molecular formula is C24H25N3O4. The Balaban J connectivity index is 1.90. The quantitative estimate of drug-likeness (QED) is 0.287. The number of aliphatic hydroxyl groups excluding tert-OH is 1. The van der Waals surface area contributed by atoms with Crippen molar-refractivity contribution < 1.29 is 19.4 Å². The van der Waals surface area contributed by atoms with Crippen molar-refractivity contribution in [3.8, 4) is 0 Å². The number of imidazole rings is 1. The van der Waals surface area contributed by atoms with Crippen LogP contribution in [0.2, 0.25) is 0 Å². The number of hydrogen-bond acceptors (Lipinski definition) is 5. The van der Waals surface area contributed by atoms with Gasteiger partial charge in [0.1, 0.15) is 11.3 Å². The van der Waals surface area contributed by atoms with Crippen LogP contribution in [0.3, 0.4) is 0 Å². The number of carbonyl (C=O) groups is 2. The molecule has 1 fully saturated rings. The Morgan fingerprint density at radius 3 is 2.58 bits per heavy atom. The van der Waals surface area contributed by atoms with Gasteiger partial charge in [0.15, 0.2) is 5.76 Å². The Labute approximate surface area is 180 Å². The molecule has 0 aliphatic carbocycles. The fraction of sp³-hybridized carbons (Fsp3) is 0.292. The fourth-order valence-electron chi connectivity index (χ4n) is 4.11. The molecule has 0 radical (unpaired) electrons. The summed E-state index contributed by atoms with van der Waals surface area (Å²) in [5.74, 6) is -1.52. The van der Waals surface area contributed by atoms with Gasteiger partial charge >= 0.3 is 0 Å². The predicted molar refractivity (Wildman–Crippen MR) is 117 cm³/mol. The number of fused-ring (bicyclic) bond motifs is 1. The van der Waals surface area contributed by atoms with Crippen molar-refractivity contribution in [1.82, 2.24) is 14.3 Å². The Kier molecular flexibility index (Phi) is 5.61. The highest BCUT2D eigenvalue weighted by Gasteiger charge is 2.46. The van der Waals surface area contributed by atoms with Crippen LogP contribution in [0.15, 0.2) is 54.2 Å². The van der Waals surface area contributed by atoms with Crippen molar-refractivity contribution in [3.05, 3.63) is 76.7 Å². The second kappa shape index (κ2) is 8.35. The Morgan fingerprint density at radius 1 is 1.13 bits per heavy atom. The lowest BCUT2D eigenvalue weighted by atomic mass is 9.95. The minimum atomic E-state index is -0.689. The molecule has 2 aromatic heterocycles. The number of amides is 1. The summed E-state index contributed by atoms with van der Waals surface area (Å²) in [6.45, 7) is 4.56. The number of ether oxygens (including phenoxy) is 1. The summed E-state index contributed by atoms with van der Waals surface area (Å²) >= 11 is 0. The van der Waals surface area contributed by atoms with Crippen molar-refractivity contribution in [1.29, 1.82) is 0 Å². The number of nitrogens with zero attached hydrogens (tertiary/aromatic N) is 3. The summed E-state index contributed by atoms with van der Waals surface area (Å²) < 4.78 is 6.85. The number of benzene rings is 1. The lowest BCUT2D eigenvalue weighted by molar-refractivity contribution is -0.140. The van der Waals surface area contributed by atoms with Crippen LogP contribution in [0.4, 0.5) is 0 Å². The van der Waals surface area contributed by atoms with Gasteiger partial charge < -0.3 is 14.7 Å². The van der Waals surface area contributed by atoms with Crippen LogP contribution in [0.1, 0.15) is 35.0 Å². The maximum atomic E-state index is 13.1. The third-order valence-corrected chi connectivity index (χ3v) is 5.61. The number of aromatic nitrogens is 2. The standard InChI is InChI=1S/C24H25N3O4/c1-15-8-10-17(11-9-15)21-19(23(29)24(30)27(21)13-6-14-31-3)22(28)20-16(2)25-18-7-4-5-12-26(18)20/h4-5,7-12,21,28H,6,13-14H2,1-3H3. The molecule has 31 heavy (non-hydrogen) atoms. The number of likely N-dealkylation sites (tertiary alicyclic amines) is 1. The normalized spacial score (nSPS) is 18.3. The second-order valence-electron chi connectivity index (χ2n) is 7.72. The predicted octanol–water partition coefficient (Wildman–Crippen LogP) is 3.41. The summed E-state index contributed by atoms with van der Waals surface area (Å²) in [6.07, 6.45) is 2.36. The van der Waals surface area contributed by atoms with Gasteiger partial charge in [-0.25, -0.2) is 4.98 Å². The van der Waals surface area contributed by atoms with E-state index in [1.54, 1.807) is 24.6 Å². The number of pyridine rings is 1. The first-order chi connectivity index (χ1) is 14.9. The molecule has 1 saturated heterocycles. The zero-order chi connectivity index (χ0) is 22.1. The summed E-state index contributed by atoms with van der Waals surface area (Å²) in [5.41, 5.74) is 3.58. The number of methoxy groups -OCH3 is 1. The van der Waals surface area contributed by atoms with Crippen LogP contribution in [0.5, 0.6) is 0 Å². The van der Waals surface area contributed by atoms with Crippen molar-refractivity contribution in [2.75, 3.05) is 20.3 Å². The summed E-state index contributed by atoms with van der Waals surface area (Å²) in [5, 5.41) is 11.3. The van der Waals surface area contributed by atoms with Crippen LogP contribution in [0.25, 0.3) is 11.4 Å². The molecule has 1 aromatic carbocycles. The summed E-state index contributed by atoms with van der Waals surface area (Å²) in [4.78, 5) is 32.1. The highest BCUT2D eigenvalue weighted by molar-refractivity contribution is 6.46. The molecule has 1 amide bonds. The minimum absolute atomic E-state index is 0.0834. The van der Waals surface area contributed by atoms with E-state index in [-0.39, 0.29) is 11.3 Å². The molecule has 1 unspecified atom stereocenters. The van der Waals surface area contributed by atoms with E-state index in [9.17, 15) is 14.7 Å². The Hall–Kier alpha value is -3.45. The average molecular weight is 419 g/mol. The average Bonchev–Trinajstić information content (AvgIpc) is 3.22. The van der Waals surface area contributed by atoms with E-state index in [0.717, 1.165) is 11.1 Å². The molecule has 3 heterocycles. The zero-order valence-electron chi connectivity index (χ0n) is 17.8.